The van der Waals surface area contributed by atoms with Gasteiger partial charge >= 0.3 is 6.09 Å². The number of thioether (sulfide) groups is 1. The summed E-state index contributed by atoms with van der Waals surface area (Å²) >= 11 is 1.41. The minimum atomic E-state index is -0.809. The topological polar surface area (TPSA) is 91.3 Å². The second kappa shape index (κ2) is 5.52. The smallest absolute Gasteiger partial charge is 0.415 e. The molecule has 0 spiro atoms. The molecule has 1 aromatic carbocycles. The van der Waals surface area contributed by atoms with Gasteiger partial charge < -0.3 is 15.0 Å². The molecule has 9 heteroatoms. The third-order valence-corrected chi connectivity index (χ3v) is 5.14. The van der Waals surface area contributed by atoms with E-state index in [0.29, 0.717) is 23.8 Å². The van der Waals surface area contributed by atoms with Crippen molar-refractivity contribution in [2.24, 2.45) is 4.99 Å². The molecular weight excluding hydrogens is 332 g/mol. The molecule has 1 aromatic rings. The van der Waals surface area contributed by atoms with Crippen LogP contribution in [0.5, 0.6) is 0 Å². The van der Waals surface area contributed by atoms with Crippen LogP contribution in [0.4, 0.5) is 16.2 Å². The maximum absolute atomic E-state index is 12.0. The fourth-order valence-electron chi connectivity index (χ4n) is 2.87. The zero-order valence-electron chi connectivity index (χ0n) is 12.8. The van der Waals surface area contributed by atoms with Crippen LogP contribution < -0.4 is 15.1 Å². The molecule has 0 bridgehead atoms. The first-order chi connectivity index (χ1) is 11.6. The standard InChI is InChI=1S/C15H14N4O4S/c1-16-13(21)10-7-19(15(22)23-10)8-2-3-9-11(6-8)24-14-17-12(20)4-5-18(9)14/h2-3,6,10H,4-5,7H2,1H3,(H,16,21)/t10-/m1/s1. The lowest BCUT2D eigenvalue weighted by atomic mass is 10.2. The van der Waals surface area contributed by atoms with Crippen molar-refractivity contribution >= 4 is 46.2 Å². The number of carbonyl (C=O) groups excluding carboxylic acids is 3. The van der Waals surface area contributed by atoms with Gasteiger partial charge in [-0.15, -0.1) is 0 Å². The molecule has 1 atom stereocenters. The van der Waals surface area contributed by atoms with Crippen molar-refractivity contribution in [2.75, 3.05) is 29.9 Å². The highest BCUT2D eigenvalue weighted by Gasteiger charge is 2.38. The van der Waals surface area contributed by atoms with Gasteiger partial charge in [0.05, 0.1) is 12.2 Å². The van der Waals surface area contributed by atoms with E-state index in [1.54, 1.807) is 0 Å². The number of hydrogen-bond acceptors (Lipinski definition) is 6. The van der Waals surface area contributed by atoms with Gasteiger partial charge in [-0.1, -0.05) is 0 Å². The van der Waals surface area contributed by atoms with Crippen LogP contribution >= 0.6 is 11.8 Å². The van der Waals surface area contributed by atoms with Gasteiger partial charge in [0.2, 0.25) is 5.91 Å². The SMILES string of the molecule is CNC(=O)[C@H]1CN(c2ccc3c(c2)SC2=NC(=O)CCN23)C(=O)O1. The Morgan fingerprint density at radius 1 is 1.38 bits per heavy atom. The highest BCUT2D eigenvalue weighted by atomic mass is 32.2. The van der Waals surface area contributed by atoms with Crippen molar-refractivity contribution in [1.29, 1.82) is 0 Å². The summed E-state index contributed by atoms with van der Waals surface area (Å²) in [5.74, 6) is -0.440. The second-order valence-corrected chi connectivity index (χ2v) is 6.55. The molecule has 1 N–H and O–H groups in total. The number of amidine groups is 1. The Morgan fingerprint density at radius 2 is 2.21 bits per heavy atom. The number of fused-ring (bicyclic) bond motifs is 3. The Balaban J connectivity index is 1.61. The van der Waals surface area contributed by atoms with Gasteiger partial charge in [0, 0.05) is 30.6 Å². The van der Waals surface area contributed by atoms with Crippen LogP contribution in [0.2, 0.25) is 0 Å². The van der Waals surface area contributed by atoms with E-state index in [-0.39, 0.29) is 18.4 Å². The number of hydrogen-bond donors (Lipinski definition) is 1. The van der Waals surface area contributed by atoms with Gasteiger partial charge in [-0.2, -0.15) is 4.99 Å². The molecule has 0 aliphatic carbocycles. The van der Waals surface area contributed by atoms with E-state index >= 15 is 0 Å². The Labute approximate surface area is 141 Å². The first kappa shape index (κ1) is 15.0. The van der Waals surface area contributed by atoms with Crippen molar-refractivity contribution in [3.63, 3.8) is 0 Å². The fourth-order valence-corrected chi connectivity index (χ4v) is 3.98. The maximum atomic E-state index is 12.0. The summed E-state index contributed by atoms with van der Waals surface area (Å²) in [7, 11) is 1.50. The monoisotopic (exact) mass is 346 g/mol. The van der Waals surface area contributed by atoms with E-state index in [0.717, 1.165) is 10.6 Å². The minimum absolute atomic E-state index is 0.113. The highest BCUT2D eigenvalue weighted by Crippen LogP contribution is 2.43. The highest BCUT2D eigenvalue weighted by molar-refractivity contribution is 8.14. The molecule has 0 saturated carbocycles. The van der Waals surface area contributed by atoms with Crippen LogP contribution in [0.1, 0.15) is 6.42 Å². The predicted molar refractivity (Wildman–Crippen MR) is 88.4 cm³/mol. The number of nitrogens with zero attached hydrogens (tertiary/aromatic N) is 3. The molecule has 3 aliphatic heterocycles. The van der Waals surface area contributed by atoms with E-state index in [1.165, 1.54) is 23.7 Å². The number of carbonyl (C=O) groups is 3. The first-order valence-corrected chi connectivity index (χ1v) is 8.29. The molecule has 1 fully saturated rings. The summed E-state index contributed by atoms with van der Waals surface area (Å²) in [5, 5.41) is 3.15. The molecule has 3 amide bonds. The molecule has 0 radical (unpaired) electrons. The Morgan fingerprint density at radius 3 is 3.00 bits per heavy atom. The number of nitrogens with one attached hydrogen (secondary N) is 1. The number of ether oxygens (including phenoxy) is 1. The molecule has 4 rings (SSSR count). The van der Waals surface area contributed by atoms with Gasteiger partial charge in [0.25, 0.3) is 5.91 Å². The van der Waals surface area contributed by atoms with E-state index in [9.17, 15) is 14.4 Å². The largest absolute Gasteiger partial charge is 0.434 e. The van der Waals surface area contributed by atoms with E-state index in [4.69, 9.17) is 4.74 Å². The van der Waals surface area contributed by atoms with Crippen molar-refractivity contribution < 1.29 is 19.1 Å². The average Bonchev–Trinajstić information content (AvgIpc) is 3.13. The fraction of sp³-hybridized carbons (Fsp3) is 0.333. The van der Waals surface area contributed by atoms with E-state index in [2.05, 4.69) is 10.3 Å². The quantitative estimate of drug-likeness (QED) is 0.857. The van der Waals surface area contributed by atoms with Crippen LogP contribution in [0, 0.1) is 0 Å². The van der Waals surface area contributed by atoms with Crippen molar-refractivity contribution in [1.82, 2.24) is 5.32 Å². The molecule has 1 saturated heterocycles. The van der Waals surface area contributed by atoms with Gasteiger partial charge in [0.1, 0.15) is 0 Å². The Bertz CT molecular complexity index is 794. The zero-order chi connectivity index (χ0) is 16.8. The predicted octanol–water partition coefficient (Wildman–Crippen LogP) is 0.956. The second-order valence-electron chi connectivity index (χ2n) is 5.54. The summed E-state index contributed by atoms with van der Waals surface area (Å²) in [4.78, 5) is 43.6. The lowest BCUT2D eigenvalue weighted by Gasteiger charge is -2.22. The third kappa shape index (κ3) is 2.32. The third-order valence-electron chi connectivity index (χ3n) is 4.10. The summed E-state index contributed by atoms with van der Waals surface area (Å²) in [6, 6.07) is 5.57. The van der Waals surface area contributed by atoms with Crippen molar-refractivity contribution in [3.8, 4) is 0 Å². The molecule has 24 heavy (non-hydrogen) atoms. The Kier molecular flexibility index (Phi) is 3.45. The van der Waals surface area contributed by atoms with Crippen molar-refractivity contribution in [2.45, 2.75) is 17.4 Å². The lowest BCUT2D eigenvalue weighted by Crippen LogP contribution is -2.35. The molecule has 3 heterocycles. The molecule has 124 valence electrons. The number of cyclic esters (lactones) is 1. The van der Waals surface area contributed by atoms with Crippen LogP contribution in [-0.2, 0) is 14.3 Å². The molecule has 0 unspecified atom stereocenters. The first-order valence-electron chi connectivity index (χ1n) is 7.47. The number of aliphatic imine (C=N–C) groups is 1. The van der Waals surface area contributed by atoms with E-state index in [1.807, 2.05) is 23.1 Å². The zero-order valence-corrected chi connectivity index (χ0v) is 13.6. The molecule has 8 nitrogen and oxygen atoms in total. The van der Waals surface area contributed by atoms with Crippen LogP contribution in [0.3, 0.4) is 0 Å². The Hall–Kier alpha value is -2.55. The van der Waals surface area contributed by atoms with Gasteiger partial charge in [0.15, 0.2) is 11.3 Å². The summed E-state index contributed by atoms with van der Waals surface area (Å²) in [6.45, 7) is 0.784. The normalized spacial score (nSPS) is 22.0. The molecular formula is C15H14N4O4S. The molecule has 3 aliphatic rings. The lowest BCUT2D eigenvalue weighted by molar-refractivity contribution is -0.127. The molecule has 0 aromatic heterocycles. The van der Waals surface area contributed by atoms with Crippen LogP contribution in [0.25, 0.3) is 0 Å². The van der Waals surface area contributed by atoms with Crippen molar-refractivity contribution in [3.05, 3.63) is 18.2 Å². The van der Waals surface area contributed by atoms with Gasteiger partial charge in [-0.05, 0) is 30.0 Å². The van der Waals surface area contributed by atoms with Gasteiger partial charge in [-0.3, -0.25) is 14.5 Å². The summed E-state index contributed by atoms with van der Waals surface area (Å²) < 4.78 is 5.10. The van der Waals surface area contributed by atoms with Crippen LogP contribution in [0.15, 0.2) is 28.1 Å². The van der Waals surface area contributed by atoms with Gasteiger partial charge in [-0.25, -0.2) is 4.79 Å². The summed E-state index contributed by atoms with van der Waals surface area (Å²) in [6.07, 6.45) is -0.953. The average molecular weight is 346 g/mol. The number of likely N-dealkylation sites (N-methyl/N-ethyl adjacent to an activating group) is 1. The number of anilines is 2. The number of rotatable bonds is 2. The van der Waals surface area contributed by atoms with Crippen LogP contribution in [-0.4, -0.2) is 49.3 Å². The summed E-state index contributed by atoms with van der Waals surface area (Å²) in [5.41, 5.74) is 1.63. The number of amides is 3. The maximum Gasteiger partial charge on any atom is 0.415 e. The van der Waals surface area contributed by atoms with E-state index < -0.39 is 12.2 Å². The number of benzene rings is 1. The minimum Gasteiger partial charge on any atom is -0.434 e.